The van der Waals surface area contributed by atoms with Gasteiger partial charge in [-0.25, -0.2) is 0 Å². The van der Waals surface area contributed by atoms with Crippen molar-refractivity contribution in [1.29, 1.82) is 0 Å². The number of nitrogens with zero attached hydrogens (tertiary/aromatic N) is 3. The van der Waals surface area contributed by atoms with Crippen LogP contribution in [0.4, 0.5) is 5.69 Å². The summed E-state index contributed by atoms with van der Waals surface area (Å²) in [5, 5.41) is 2.65. The first-order chi connectivity index (χ1) is 14.0. The molecule has 29 heavy (non-hydrogen) atoms. The molecular formula is C22H28N4O2S. The van der Waals surface area contributed by atoms with Gasteiger partial charge in [-0.15, -0.1) is 11.8 Å². The van der Waals surface area contributed by atoms with E-state index in [0.717, 1.165) is 44.0 Å². The number of pyridine rings is 1. The number of thioether (sulfide) groups is 1. The number of rotatable bonds is 7. The Hall–Kier alpha value is -2.38. The number of nitrogens with one attached hydrogen (secondary N) is 1. The number of piperazine rings is 1. The monoisotopic (exact) mass is 412 g/mol. The predicted octanol–water partition coefficient (Wildman–Crippen LogP) is 2.79. The second kappa shape index (κ2) is 10.4. The lowest BCUT2D eigenvalue weighted by Gasteiger charge is -2.35. The van der Waals surface area contributed by atoms with Crippen molar-refractivity contribution < 1.29 is 9.59 Å². The molecule has 3 rings (SSSR count). The van der Waals surface area contributed by atoms with Gasteiger partial charge in [-0.2, -0.15) is 0 Å². The Morgan fingerprint density at radius 3 is 2.38 bits per heavy atom. The molecule has 1 aromatic heterocycles. The Bertz CT molecular complexity index is 805. The molecule has 2 amide bonds. The molecular weight excluding hydrogens is 384 g/mol. The minimum Gasteiger partial charge on any atom is -0.339 e. The first-order valence-electron chi connectivity index (χ1n) is 9.89. The summed E-state index contributed by atoms with van der Waals surface area (Å²) >= 11 is 1.39. The van der Waals surface area contributed by atoms with Crippen molar-refractivity contribution in [1.82, 2.24) is 14.8 Å². The summed E-state index contributed by atoms with van der Waals surface area (Å²) in [6.45, 7) is 7.95. The lowest BCUT2D eigenvalue weighted by Crippen LogP contribution is -2.50. The molecule has 1 saturated heterocycles. The Morgan fingerprint density at radius 2 is 1.72 bits per heavy atom. The molecule has 1 aliphatic rings. The average molecular weight is 413 g/mol. The third kappa shape index (κ3) is 6.58. The zero-order chi connectivity index (χ0) is 20.6. The molecule has 0 unspecified atom stereocenters. The van der Waals surface area contributed by atoms with Crippen LogP contribution in [0.1, 0.15) is 18.1 Å². The van der Waals surface area contributed by atoms with Crippen LogP contribution in [0.25, 0.3) is 0 Å². The van der Waals surface area contributed by atoms with E-state index in [0.29, 0.717) is 0 Å². The summed E-state index contributed by atoms with van der Waals surface area (Å²) in [6, 6.07) is 11.7. The molecule has 0 saturated carbocycles. The maximum absolute atomic E-state index is 12.7. The molecule has 2 aromatic rings. The molecule has 1 fully saturated rings. The van der Waals surface area contributed by atoms with Gasteiger partial charge in [0.2, 0.25) is 11.8 Å². The minimum absolute atomic E-state index is 0.0827. The number of amides is 2. The van der Waals surface area contributed by atoms with E-state index in [4.69, 9.17) is 0 Å². The van der Waals surface area contributed by atoms with Crippen LogP contribution >= 0.6 is 11.8 Å². The van der Waals surface area contributed by atoms with Crippen LogP contribution in [0, 0.1) is 6.92 Å². The van der Waals surface area contributed by atoms with Gasteiger partial charge < -0.3 is 10.2 Å². The Balaban J connectivity index is 1.38. The molecule has 0 aliphatic carbocycles. The van der Waals surface area contributed by atoms with Gasteiger partial charge in [-0.3, -0.25) is 19.5 Å². The highest BCUT2D eigenvalue weighted by Crippen LogP contribution is 2.17. The normalized spacial score (nSPS) is 15.7. The van der Waals surface area contributed by atoms with Gasteiger partial charge in [-0.1, -0.05) is 17.7 Å². The molecule has 2 heterocycles. The quantitative estimate of drug-likeness (QED) is 0.758. The van der Waals surface area contributed by atoms with Crippen molar-refractivity contribution in [3.8, 4) is 0 Å². The molecule has 0 radical (unpaired) electrons. The van der Waals surface area contributed by atoms with E-state index >= 15 is 0 Å². The van der Waals surface area contributed by atoms with Crippen molar-refractivity contribution in [3.63, 3.8) is 0 Å². The van der Waals surface area contributed by atoms with E-state index in [1.54, 1.807) is 0 Å². The third-order valence-electron chi connectivity index (χ3n) is 4.99. The molecule has 1 aromatic carbocycles. The van der Waals surface area contributed by atoms with Crippen LogP contribution in [0.3, 0.4) is 0 Å². The third-order valence-corrected chi connectivity index (χ3v) is 6.12. The number of hydrogen-bond acceptors (Lipinski definition) is 5. The standard InChI is InChI=1S/C22H28N4O2S/c1-17-3-5-20(6-4-17)24-21(27)16-29-18(2)22(28)26-13-11-25(12-14-26)15-19-7-9-23-10-8-19/h3-10,18H,11-16H2,1-2H3,(H,24,27)/t18-/m0/s1. The maximum Gasteiger partial charge on any atom is 0.235 e. The first kappa shape index (κ1) is 21.3. The Kier molecular flexibility index (Phi) is 7.66. The summed E-state index contributed by atoms with van der Waals surface area (Å²) < 4.78 is 0. The highest BCUT2D eigenvalue weighted by atomic mass is 32.2. The van der Waals surface area contributed by atoms with Crippen LogP contribution in [0.5, 0.6) is 0 Å². The summed E-state index contributed by atoms with van der Waals surface area (Å²) in [5.41, 5.74) is 3.17. The minimum atomic E-state index is -0.231. The number of carbonyl (C=O) groups is 2. The zero-order valence-electron chi connectivity index (χ0n) is 17.0. The van der Waals surface area contributed by atoms with Crippen LogP contribution in [-0.2, 0) is 16.1 Å². The van der Waals surface area contributed by atoms with E-state index in [1.807, 2.05) is 67.5 Å². The summed E-state index contributed by atoms with van der Waals surface area (Å²) in [7, 11) is 0. The van der Waals surface area contributed by atoms with Gasteiger partial charge in [0, 0.05) is 50.8 Å². The van der Waals surface area contributed by atoms with Crippen molar-refractivity contribution in [2.75, 3.05) is 37.2 Å². The second-order valence-electron chi connectivity index (χ2n) is 7.32. The summed E-state index contributed by atoms with van der Waals surface area (Å²) in [6.07, 6.45) is 3.62. The SMILES string of the molecule is Cc1ccc(NC(=O)CS[C@@H](C)C(=O)N2CCN(Cc3ccncc3)CC2)cc1. The molecule has 1 atom stereocenters. The van der Waals surface area contributed by atoms with Crippen LogP contribution in [0.2, 0.25) is 0 Å². The topological polar surface area (TPSA) is 65.5 Å². The molecule has 1 aliphatic heterocycles. The average Bonchev–Trinajstić information content (AvgIpc) is 2.74. The zero-order valence-corrected chi connectivity index (χ0v) is 17.8. The van der Waals surface area contributed by atoms with Crippen LogP contribution < -0.4 is 5.32 Å². The Morgan fingerprint density at radius 1 is 1.07 bits per heavy atom. The fourth-order valence-electron chi connectivity index (χ4n) is 3.24. The van der Waals surface area contributed by atoms with Crippen molar-refractivity contribution in [3.05, 3.63) is 59.9 Å². The highest BCUT2D eigenvalue weighted by Gasteiger charge is 2.25. The van der Waals surface area contributed by atoms with Gasteiger partial charge in [-0.05, 0) is 43.7 Å². The van der Waals surface area contributed by atoms with E-state index in [2.05, 4.69) is 15.2 Å². The van der Waals surface area contributed by atoms with Crippen LogP contribution in [0.15, 0.2) is 48.8 Å². The summed E-state index contributed by atoms with van der Waals surface area (Å²) in [5.74, 6) is 0.297. The van der Waals surface area contributed by atoms with Gasteiger partial charge in [0.1, 0.15) is 0 Å². The van der Waals surface area contributed by atoms with Gasteiger partial charge in [0.05, 0.1) is 11.0 Å². The van der Waals surface area contributed by atoms with Crippen molar-refractivity contribution in [2.24, 2.45) is 0 Å². The molecule has 0 spiro atoms. The van der Waals surface area contributed by atoms with E-state index < -0.39 is 0 Å². The summed E-state index contributed by atoms with van der Waals surface area (Å²) in [4.78, 5) is 33.2. The van der Waals surface area contributed by atoms with Gasteiger partial charge in [0.15, 0.2) is 0 Å². The number of anilines is 1. The molecule has 1 N–H and O–H groups in total. The van der Waals surface area contributed by atoms with E-state index in [1.165, 1.54) is 17.3 Å². The van der Waals surface area contributed by atoms with Crippen molar-refractivity contribution in [2.45, 2.75) is 25.6 Å². The number of aromatic nitrogens is 1. The van der Waals surface area contributed by atoms with Crippen molar-refractivity contribution >= 4 is 29.3 Å². The molecule has 154 valence electrons. The van der Waals surface area contributed by atoms with Gasteiger partial charge in [0.25, 0.3) is 0 Å². The Labute approximate surface area is 176 Å². The number of benzene rings is 1. The largest absolute Gasteiger partial charge is 0.339 e. The fraction of sp³-hybridized carbons (Fsp3) is 0.409. The van der Waals surface area contributed by atoms with E-state index in [9.17, 15) is 9.59 Å². The maximum atomic E-state index is 12.7. The van der Waals surface area contributed by atoms with Gasteiger partial charge >= 0.3 is 0 Å². The number of carbonyl (C=O) groups excluding carboxylic acids is 2. The van der Waals surface area contributed by atoms with E-state index in [-0.39, 0.29) is 22.8 Å². The molecule has 0 bridgehead atoms. The lowest BCUT2D eigenvalue weighted by atomic mass is 10.2. The molecule has 7 heteroatoms. The van der Waals surface area contributed by atoms with Crippen LogP contribution in [-0.4, -0.2) is 63.8 Å². The predicted molar refractivity (Wildman–Crippen MR) is 118 cm³/mol. The first-order valence-corrected chi connectivity index (χ1v) is 10.9. The number of aryl methyl sites for hydroxylation is 1. The lowest BCUT2D eigenvalue weighted by molar-refractivity contribution is -0.132. The second-order valence-corrected chi connectivity index (χ2v) is 8.65. The fourth-order valence-corrected chi connectivity index (χ4v) is 4.00. The smallest absolute Gasteiger partial charge is 0.235 e. The molecule has 6 nitrogen and oxygen atoms in total. The highest BCUT2D eigenvalue weighted by molar-refractivity contribution is 8.01. The number of hydrogen-bond donors (Lipinski definition) is 1.